The van der Waals surface area contributed by atoms with E-state index in [-0.39, 0.29) is 12.2 Å². The standard InChI is InChI=1S/C11H15N3O4/c1-2-3-7(11(17)18)4-14-10(16)8-5-13-9(15)6-12-8/h5-7H,2-4H2,1H3,(H,13,15)(H,14,16)(H,17,18). The first-order chi connectivity index (χ1) is 8.54. The summed E-state index contributed by atoms with van der Waals surface area (Å²) in [5, 5.41) is 11.4. The van der Waals surface area contributed by atoms with Crippen LogP contribution < -0.4 is 10.9 Å². The molecular weight excluding hydrogens is 238 g/mol. The van der Waals surface area contributed by atoms with Crippen LogP contribution in [0.1, 0.15) is 30.3 Å². The lowest BCUT2D eigenvalue weighted by Crippen LogP contribution is -2.33. The SMILES string of the molecule is CCCC(CNC(=O)c1c[nH]c(=O)cn1)C(=O)O. The number of aliphatic carboxylic acids is 1. The maximum atomic E-state index is 11.6. The summed E-state index contributed by atoms with van der Waals surface area (Å²) in [4.78, 5) is 39.2. The predicted molar refractivity (Wildman–Crippen MR) is 63.2 cm³/mol. The van der Waals surface area contributed by atoms with Gasteiger partial charge < -0.3 is 15.4 Å². The van der Waals surface area contributed by atoms with E-state index in [1.54, 1.807) is 0 Å². The molecule has 18 heavy (non-hydrogen) atoms. The van der Waals surface area contributed by atoms with Crippen LogP contribution in [-0.2, 0) is 4.79 Å². The summed E-state index contributed by atoms with van der Waals surface area (Å²) >= 11 is 0. The molecule has 7 heteroatoms. The van der Waals surface area contributed by atoms with Gasteiger partial charge in [-0.25, -0.2) is 4.98 Å². The van der Waals surface area contributed by atoms with Crippen molar-refractivity contribution in [1.82, 2.24) is 15.3 Å². The first kappa shape index (κ1) is 13.9. The molecule has 1 aromatic heterocycles. The van der Waals surface area contributed by atoms with E-state index in [4.69, 9.17) is 5.11 Å². The van der Waals surface area contributed by atoms with Gasteiger partial charge in [0.1, 0.15) is 5.69 Å². The van der Waals surface area contributed by atoms with E-state index >= 15 is 0 Å². The number of amides is 1. The summed E-state index contributed by atoms with van der Waals surface area (Å²) in [6.07, 6.45) is 3.40. The second-order valence-electron chi connectivity index (χ2n) is 3.83. The van der Waals surface area contributed by atoms with Gasteiger partial charge in [0.25, 0.3) is 11.5 Å². The number of carboxylic acid groups (broad SMARTS) is 1. The van der Waals surface area contributed by atoms with Crippen molar-refractivity contribution < 1.29 is 14.7 Å². The molecule has 0 bridgehead atoms. The van der Waals surface area contributed by atoms with Crippen molar-refractivity contribution in [2.45, 2.75) is 19.8 Å². The molecule has 0 aliphatic rings. The zero-order chi connectivity index (χ0) is 13.5. The number of aromatic nitrogens is 2. The van der Waals surface area contributed by atoms with E-state index in [2.05, 4.69) is 15.3 Å². The fourth-order valence-corrected chi connectivity index (χ4v) is 1.43. The fraction of sp³-hybridized carbons (Fsp3) is 0.455. The second kappa shape index (κ2) is 6.53. The smallest absolute Gasteiger partial charge is 0.308 e. The summed E-state index contributed by atoms with van der Waals surface area (Å²) in [7, 11) is 0. The van der Waals surface area contributed by atoms with Gasteiger partial charge in [0.05, 0.1) is 12.1 Å². The predicted octanol–water partition coefficient (Wildman–Crippen LogP) is 0.000600. The fourth-order valence-electron chi connectivity index (χ4n) is 1.43. The summed E-state index contributed by atoms with van der Waals surface area (Å²) in [6.45, 7) is 1.92. The van der Waals surface area contributed by atoms with Gasteiger partial charge in [-0.05, 0) is 6.42 Å². The summed E-state index contributed by atoms with van der Waals surface area (Å²) < 4.78 is 0. The number of H-pyrrole nitrogens is 1. The largest absolute Gasteiger partial charge is 0.481 e. The number of carbonyl (C=O) groups is 2. The molecule has 1 aromatic rings. The lowest BCUT2D eigenvalue weighted by Gasteiger charge is -2.11. The molecule has 0 spiro atoms. The van der Waals surface area contributed by atoms with Crippen LogP contribution >= 0.6 is 0 Å². The Morgan fingerprint density at radius 1 is 1.56 bits per heavy atom. The molecule has 1 heterocycles. The Hall–Kier alpha value is -2.18. The quantitative estimate of drug-likeness (QED) is 0.660. The molecule has 1 unspecified atom stereocenters. The summed E-state index contributed by atoms with van der Waals surface area (Å²) in [5.74, 6) is -2.05. The average Bonchev–Trinajstić information content (AvgIpc) is 2.34. The van der Waals surface area contributed by atoms with E-state index in [1.165, 1.54) is 6.20 Å². The molecule has 0 saturated heterocycles. The van der Waals surface area contributed by atoms with Crippen molar-refractivity contribution in [1.29, 1.82) is 0 Å². The van der Waals surface area contributed by atoms with Crippen molar-refractivity contribution in [2.75, 3.05) is 6.54 Å². The third-order valence-electron chi connectivity index (χ3n) is 2.40. The zero-order valence-corrected chi connectivity index (χ0v) is 9.97. The van der Waals surface area contributed by atoms with Gasteiger partial charge in [0.2, 0.25) is 0 Å². The van der Waals surface area contributed by atoms with Gasteiger partial charge in [0, 0.05) is 12.7 Å². The molecule has 0 aliphatic heterocycles. The van der Waals surface area contributed by atoms with Crippen LogP contribution in [-0.4, -0.2) is 33.5 Å². The number of nitrogens with one attached hydrogen (secondary N) is 2. The van der Waals surface area contributed by atoms with Gasteiger partial charge >= 0.3 is 5.97 Å². The van der Waals surface area contributed by atoms with Crippen LogP contribution in [0.2, 0.25) is 0 Å². The lowest BCUT2D eigenvalue weighted by atomic mass is 10.0. The molecule has 1 amide bonds. The van der Waals surface area contributed by atoms with E-state index in [0.717, 1.165) is 12.6 Å². The summed E-state index contributed by atoms with van der Waals surface area (Å²) in [5.41, 5.74) is -0.351. The zero-order valence-electron chi connectivity index (χ0n) is 9.97. The first-order valence-electron chi connectivity index (χ1n) is 5.60. The molecule has 1 rings (SSSR count). The second-order valence-corrected chi connectivity index (χ2v) is 3.83. The van der Waals surface area contributed by atoms with E-state index < -0.39 is 23.4 Å². The molecule has 0 radical (unpaired) electrons. The Bertz CT molecular complexity index is 463. The molecule has 0 saturated carbocycles. The van der Waals surface area contributed by atoms with Gasteiger partial charge in [-0.15, -0.1) is 0 Å². The highest BCUT2D eigenvalue weighted by Gasteiger charge is 2.17. The van der Waals surface area contributed by atoms with Crippen molar-refractivity contribution in [3.8, 4) is 0 Å². The van der Waals surface area contributed by atoms with E-state index in [1.807, 2.05) is 6.92 Å². The van der Waals surface area contributed by atoms with Crippen LogP contribution in [0.4, 0.5) is 0 Å². The molecule has 7 nitrogen and oxygen atoms in total. The number of carboxylic acids is 1. The van der Waals surface area contributed by atoms with Gasteiger partial charge in [0.15, 0.2) is 0 Å². The van der Waals surface area contributed by atoms with Crippen LogP contribution in [0, 0.1) is 5.92 Å². The lowest BCUT2D eigenvalue weighted by molar-refractivity contribution is -0.141. The van der Waals surface area contributed by atoms with Crippen LogP contribution in [0.15, 0.2) is 17.2 Å². The Labute approximate surface area is 103 Å². The van der Waals surface area contributed by atoms with Gasteiger partial charge in [-0.3, -0.25) is 14.4 Å². The summed E-state index contributed by atoms with van der Waals surface area (Å²) in [6, 6.07) is 0. The number of nitrogens with zero attached hydrogens (tertiary/aromatic N) is 1. The Kier molecular flexibility index (Phi) is 5.04. The van der Waals surface area contributed by atoms with Gasteiger partial charge in [-0.2, -0.15) is 0 Å². The minimum atomic E-state index is -0.938. The Morgan fingerprint density at radius 2 is 2.28 bits per heavy atom. The highest BCUT2D eigenvalue weighted by molar-refractivity contribution is 5.92. The highest BCUT2D eigenvalue weighted by atomic mass is 16.4. The number of hydrogen-bond donors (Lipinski definition) is 3. The Balaban J connectivity index is 2.57. The van der Waals surface area contributed by atoms with Crippen LogP contribution in [0.5, 0.6) is 0 Å². The highest BCUT2D eigenvalue weighted by Crippen LogP contribution is 2.05. The van der Waals surface area contributed by atoms with Gasteiger partial charge in [-0.1, -0.05) is 13.3 Å². The van der Waals surface area contributed by atoms with Crippen LogP contribution in [0.25, 0.3) is 0 Å². The van der Waals surface area contributed by atoms with Crippen molar-refractivity contribution in [3.63, 3.8) is 0 Å². The molecular formula is C11H15N3O4. The van der Waals surface area contributed by atoms with Crippen molar-refractivity contribution in [3.05, 3.63) is 28.4 Å². The molecule has 3 N–H and O–H groups in total. The maximum absolute atomic E-state index is 11.6. The number of carbonyl (C=O) groups excluding carboxylic acids is 1. The first-order valence-corrected chi connectivity index (χ1v) is 5.60. The topological polar surface area (TPSA) is 112 Å². The Morgan fingerprint density at radius 3 is 2.78 bits per heavy atom. The van der Waals surface area contributed by atoms with Crippen LogP contribution in [0.3, 0.4) is 0 Å². The number of aromatic amines is 1. The molecule has 98 valence electrons. The molecule has 0 aromatic carbocycles. The normalized spacial score (nSPS) is 11.8. The number of rotatable bonds is 6. The molecule has 0 aliphatic carbocycles. The average molecular weight is 253 g/mol. The molecule has 1 atom stereocenters. The van der Waals surface area contributed by atoms with Crippen molar-refractivity contribution in [2.24, 2.45) is 5.92 Å². The molecule has 0 fully saturated rings. The monoisotopic (exact) mass is 253 g/mol. The maximum Gasteiger partial charge on any atom is 0.308 e. The minimum absolute atomic E-state index is 0.0445. The third kappa shape index (κ3) is 4.00. The number of hydrogen-bond acceptors (Lipinski definition) is 4. The van der Waals surface area contributed by atoms with Crippen molar-refractivity contribution >= 4 is 11.9 Å². The van der Waals surface area contributed by atoms with E-state index in [0.29, 0.717) is 6.42 Å². The minimum Gasteiger partial charge on any atom is -0.481 e. The third-order valence-corrected chi connectivity index (χ3v) is 2.40. The van der Waals surface area contributed by atoms with E-state index in [9.17, 15) is 14.4 Å².